The fourth-order valence-corrected chi connectivity index (χ4v) is 8.41. The number of hydrogen-bond acceptors (Lipinski definition) is 6. The number of nitrogens with one attached hydrogen (secondary N) is 1. The second-order valence-electron chi connectivity index (χ2n) is 18.9. The number of allylic oxidation sites excluding steroid dienone is 2. The summed E-state index contributed by atoms with van der Waals surface area (Å²) >= 11 is 0. The molecule has 0 aliphatic rings. The first-order chi connectivity index (χ1) is 28.5. The summed E-state index contributed by atoms with van der Waals surface area (Å²) in [5.74, 6) is -0.164. The molecular formula is C50H101N2O6P. The van der Waals surface area contributed by atoms with Crippen LogP contribution < -0.4 is 10.2 Å². The van der Waals surface area contributed by atoms with Crippen molar-refractivity contribution in [2.45, 2.75) is 264 Å². The molecule has 0 saturated heterocycles. The molecule has 0 radical (unpaired) electrons. The standard InChI is InChI=1S/C50H101N2O6P/c1-6-8-10-12-14-16-18-19-20-21-22-23-24-25-26-27-28-29-30-31-32-33-34-36-38-40-42-44-50(54)51-48(47-58-59(55,56)57-46-45-52(3,4)5)49(53)43-41-39-37-35-17-15-13-11-9-7-2/h25-26,48-49,53H,6-24,27-47H2,1-5H3,(H-,51,54,55,56)/b26-25-. The SMILES string of the molecule is CCCCCCCCCCCCCC/C=C\CCCCCCCCCCCCCC(=O)NC(COP(=O)([O-])OCC[N+](C)(C)C)C(O)CCCCCCCCCCCC. The predicted octanol–water partition coefficient (Wildman–Crippen LogP) is 14.1. The number of likely N-dealkylation sites (N-methyl/N-ethyl adjacent to an activating group) is 1. The molecule has 2 N–H and O–H groups in total. The highest BCUT2D eigenvalue weighted by Crippen LogP contribution is 2.38. The Hall–Kier alpha value is -0.760. The summed E-state index contributed by atoms with van der Waals surface area (Å²) in [6.07, 6.45) is 49.6. The van der Waals surface area contributed by atoms with E-state index in [0.29, 0.717) is 23.9 Å². The van der Waals surface area contributed by atoms with E-state index in [2.05, 4.69) is 31.3 Å². The van der Waals surface area contributed by atoms with Gasteiger partial charge in [0, 0.05) is 6.42 Å². The second-order valence-corrected chi connectivity index (χ2v) is 20.3. The third kappa shape index (κ3) is 45.1. The zero-order valence-corrected chi connectivity index (χ0v) is 40.9. The van der Waals surface area contributed by atoms with Gasteiger partial charge in [0.1, 0.15) is 13.2 Å². The Morgan fingerprint density at radius 2 is 0.932 bits per heavy atom. The average Bonchev–Trinajstić information content (AvgIpc) is 3.19. The second kappa shape index (κ2) is 42.5. The summed E-state index contributed by atoms with van der Waals surface area (Å²) in [6.45, 7) is 4.72. The smallest absolute Gasteiger partial charge is 0.268 e. The van der Waals surface area contributed by atoms with E-state index in [9.17, 15) is 19.4 Å². The van der Waals surface area contributed by atoms with E-state index in [1.807, 2.05) is 21.1 Å². The molecular weight excluding hydrogens is 756 g/mol. The fraction of sp³-hybridized carbons (Fsp3) is 0.940. The lowest BCUT2D eigenvalue weighted by Gasteiger charge is -2.30. The van der Waals surface area contributed by atoms with Crippen molar-refractivity contribution in [3.63, 3.8) is 0 Å². The maximum Gasteiger partial charge on any atom is 0.268 e. The van der Waals surface area contributed by atoms with Crippen molar-refractivity contribution < 1.29 is 32.9 Å². The highest BCUT2D eigenvalue weighted by Gasteiger charge is 2.24. The minimum absolute atomic E-state index is 0.0140. The Morgan fingerprint density at radius 1 is 0.576 bits per heavy atom. The topological polar surface area (TPSA) is 108 Å². The van der Waals surface area contributed by atoms with Gasteiger partial charge in [-0.3, -0.25) is 9.36 Å². The first-order valence-corrected chi connectivity index (χ1v) is 27.0. The van der Waals surface area contributed by atoms with Crippen LogP contribution in [-0.2, 0) is 18.4 Å². The van der Waals surface area contributed by atoms with Crippen molar-refractivity contribution in [3.8, 4) is 0 Å². The number of hydrogen-bond donors (Lipinski definition) is 2. The average molecular weight is 857 g/mol. The van der Waals surface area contributed by atoms with E-state index in [1.165, 1.54) is 186 Å². The van der Waals surface area contributed by atoms with E-state index >= 15 is 0 Å². The number of carbonyl (C=O) groups is 1. The molecule has 0 fully saturated rings. The monoisotopic (exact) mass is 857 g/mol. The van der Waals surface area contributed by atoms with Crippen LogP contribution in [0, 0.1) is 0 Å². The molecule has 0 saturated carbocycles. The molecule has 9 heteroatoms. The Balaban J connectivity index is 4.05. The first-order valence-electron chi connectivity index (χ1n) is 25.5. The van der Waals surface area contributed by atoms with Crippen LogP contribution in [0.25, 0.3) is 0 Å². The van der Waals surface area contributed by atoms with Crippen molar-refractivity contribution in [3.05, 3.63) is 12.2 Å². The van der Waals surface area contributed by atoms with Gasteiger partial charge in [0.25, 0.3) is 7.82 Å². The van der Waals surface area contributed by atoms with Crippen LogP contribution in [0.4, 0.5) is 0 Å². The minimum atomic E-state index is -4.56. The number of quaternary nitrogens is 1. The lowest BCUT2D eigenvalue weighted by atomic mass is 10.0. The zero-order chi connectivity index (χ0) is 43.6. The predicted molar refractivity (Wildman–Crippen MR) is 252 cm³/mol. The van der Waals surface area contributed by atoms with Gasteiger partial charge < -0.3 is 28.8 Å². The van der Waals surface area contributed by atoms with Gasteiger partial charge in [-0.1, -0.05) is 219 Å². The molecule has 0 aromatic heterocycles. The number of amides is 1. The van der Waals surface area contributed by atoms with E-state index in [-0.39, 0.29) is 19.1 Å². The number of unbranched alkanes of at least 4 members (excludes halogenated alkanes) is 32. The number of aliphatic hydroxyl groups excluding tert-OH is 1. The van der Waals surface area contributed by atoms with E-state index < -0.39 is 20.0 Å². The molecule has 0 bridgehead atoms. The molecule has 3 atom stereocenters. The van der Waals surface area contributed by atoms with Crippen LogP contribution in [0.1, 0.15) is 251 Å². The number of phosphoric acid groups is 1. The van der Waals surface area contributed by atoms with Crippen LogP contribution in [0.2, 0.25) is 0 Å². The van der Waals surface area contributed by atoms with Crippen LogP contribution in [-0.4, -0.2) is 68.5 Å². The van der Waals surface area contributed by atoms with E-state index in [1.54, 1.807) is 0 Å². The number of aliphatic hydroxyl groups is 1. The molecule has 0 heterocycles. The highest BCUT2D eigenvalue weighted by atomic mass is 31.2. The Labute approximate surface area is 367 Å². The summed E-state index contributed by atoms with van der Waals surface area (Å²) < 4.78 is 23.3. The first kappa shape index (κ1) is 58.2. The fourth-order valence-electron chi connectivity index (χ4n) is 7.68. The largest absolute Gasteiger partial charge is 0.756 e. The normalized spacial score (nSPS) is 14.2. The van der Waals surface area contributed by atoms with Gasteiger partial charge in [0.15, 0.2) is 0 Å². The molecule has 8 nitrogen and oxygen atoms in total. The summed E-state index contributed by atoms with van der Waals surface area (Å²) in [4.78, 5) is 25.3. The van der Waals surface area contributed by atoms with Crippen molar-refractivity contribution in [2.75, 3.05) is 40.9 Å². The van der Waals surface area contributed by atoms with Gasteiger partial charge >= 0.3 is 0 Å². The molecule has 3 unspecified atom stereocenters. The van der Waals surface area contributed by atoms with Gasteiger partial charge in [-0.15, -0.1) is 0 Å². The molecule has 0 aromatic carbocycles. The number of rotatable bonds is 47. The van der Waals surface area contributed by atoms with Crippen molar-refractivity contribution in [2.24, 2.45) is 0 Å². The van der Waals surface area contributed by atoms with Gasteiger partial charge in [0.05, 0.1) is 39.9 Å². The molecule has 0 aromatic rings. The summed E-state index contributed by atoms with van der Waals surface area (Å²) in [7, 11) is 1.31. The molecule has 0 rings (SSSR count). The number of phosphoric ester groups is 1. The van der Waals surface area contributed by atoms with Gasteiger partial charge in [-0.2, -0.15) is 0 Å². The lowest BCUT2D eigenvalue weighted by Crippen LogP contribution is -2.46. The summed E-state index contributed by atoms with van der Waals surface area (Å²) in [6, 6.07) is -0.796. The Kier molecular flexibility index (Phi) is 42.0. The lowest BCUT2D eigenvalue weighted by molar-refractivity contribution is -0.870. The molecule has 1 amide bonds. The van der Waals surface area contributed by atoms with Crippen LogP contribution in [0.5, 0.6) is 0 Å². The maximum atomic E-state index is 12.9. The third-order valence-electron chi connectivity index (χ3n) is 11.8. The van der Waals surface area contributed by atoms with Gasteiger partial charge in [-0.05, 0) is 38.5 Å². The van der Waals surface area contributed by atoms with Crippen molar-refractivity contribution >= 4 is 13.7 Å². The maximum absolute atomic E-state index is 12.9. The Morgan fingerprint density at radius 3 is 1.32 bits per heavy atom. The molecule has 352 valence electrons. The van der Waals surface area contributed by atoms with E-state index in [4.69, 9.17) is 9.05 Å². The molecule has 0 aliphatic heterocycles. The molecule has 0 spiro atoms. The summed E-state index contributed by atoms with van der Waals surface area (Å²) in [5.41, 5.74) is 0. The van der Waals surface area contributed by atoms with E-state index in [0.717, 1.165) is 38.5 Å². The quantitative estimate of drug-likeness (QED) is 0.0273. The Bertz CT molecular complexity index is 974. The minimum Gasteiger partial charge on any atom is -0.756 e. The van der Waals surface area contributed by atoms with Crippen LogP contribution in [0.3, 0.4) is 0 Å². The third-order valence-corrected chi connectivity index (χ3v) is 12.7. The van der Waals surface area contributed by atoms with Crippen LogP contribution >= 0.6 is 7.82 Å². The van der Waals surface area contributed by atoms with Crippen molar-refractivity contribution in [1.29, 1.82) is 0 Å². The highest BCUT2D eigenvalue weighted by molar-refractivity contribution is 7.45. The van der Waals surface area contributed by atoms with Gasteiger partial charge in [-0.25, -0.2) is 0 Å². The summed E-state index contributed by atoms with van der Waals surface area (Å²) in [5, 5.41) is 13.9. The molecule has 0 aliphatic carbocycles. The number of carbonyl (C=O) groups excluding carboxylic acids is 1. The zero-order valence-electron chi connectivity index (χ0n) is 40.0. The van der Waals surface area contributed by atoms with Crippen molar-refractivity contribution in [1.82, 2.24) is 5.32 Å². The molecule has 59 heavy (non-hydrogen) atoms. The number of nitrogens with zero attached hydrogens (tertiary/aromatic N) is 1. The van der Waals surface area contributed by atoms with Crippen LogP contribution in [0.15, 0.2) is 12.2 Å². The van der Waals surface area contributed by atoms with Gasteiger partial charge in [0.2, 0.25) is 5.91 Å².